The van der Waals surface area contributed by atoms with Crippen LogP contribution in [0.15, 0.2) is 0 Å². The van der Waals surface area contributed by atoms with E-state index >= 15 is 0 Å². The van der Waals surface area contributed by atoms with Crippen LogP contribution < -0.4 is 0 Å². The summed E-state index contributed by atoms with van der Waals surface area (Å²) in [4.78, 5) is 13.2. The molecular formula is C20H32O. The topological polar surface area (TPSA) is 17.1 Å². The van der Waals surface area contributed by atoms with Gasteiger partial charge in [-0.1, -0.05) is 41.0 Å². The first-order valence-electron chi connectivity index (χ1n) is 9.16. The fourth-order valence-corrected chi connectivity index (χ4v) is 8.19. The summed E-state index contributed by atoms with van der Waals surface area (Å²) in [6.45, 7) is 12.2. The van der Waals surface area contributed by atoms with Gasteiger partial charge in [0, 0.05) is 10.8 Å². The number of fused-ring (bicyclic) bond motifs is 2. The predicted octanol–water partition coefficient (Wildman–Crippen LogP) is 5.38. The van der Waals surface area contributed by atoms with Crippen LogP contribution in [0.2, 0.25) is 0 Å². The summed E-state index contributed by atoms with van der Waals surface area (Å²) in [5, 5.41) is 0. The Hall–Kier alpha value is -0.330. The maximum atomic E-state index is 13.2. The fraction of sp³-hybridized carbons (Fsp3) is 0.950. The number of carbonyl (C=O) groups is 1. The second-order valence-corrected chi connectivity index (χ2v) is 10.3. The van der Waals surface area contributed by atoms with Gasteiger partial charge in [-0.05, 0) is 67.1 Å². The smallest absolute Gasteiger partial charge is 0.145 e. The Morgan fingerprint density at radius 2 is 1.62 bits per heavy atom. The quantitative estimate of drug-likeness (QED) is 0.585. The van der Waals surface area contributed by atoms with Gasteiger partial charge in [0.2, 0.25) is 0 Å². The van der Waals surface area contributed by atoms with Crippen LogP contribution in [-0.2, 0) is 4.79 Å². The summed E-state index contributed by atoms with van der Waals surface area (Å²) < 4.78 is 0. The van der Waals surface area contributed by atoms with Crippen LogP contribution >= 0.6 is 0 Å². The van der Waals surface area contributed by atoms with Crippen LogP contribution in [-0.4, -0.2) is 5.78 Å². The molecule has 0 heterocycles. The van der Waals surface area contributed by atoms with Crippen molar-refractivity contribution in [1.29, 1.82) is 0 Å². The summed E-state index contributed by atoms with van der Waals surface area (Å²) in [7, 11) is 0. The van der Waals surface area contributed by atoms with Crippen molar-refractivity contribution < 1.29 is 4.79 Å². The molecule has 0 saturated heterocycles. The molecule has 0 N–H and O–H groups in total. The van der Waals surface area contributed by atoms with Gasteiger partial charge in [0.15, 0.2) is 0 Å². The van der Waals surface area contributed by atoms with Crippen molar-refractivity contribution in [3.63, 3.8) is 0 Å². The van der Waals surface area contributed by atoms with Crippen molar-refractivity contribution in [2.45, 2.75) is 86.0 Å². The molecule has 118 valence electrons. The highest BCUT2D eigenvalue weighted by atomic mass is 16.1. The van der Waals surface area contributed by atoms with Crippen LogP contribution in [0.1, 0.15) is 86.0 Å². The zero-order valence-corrected chi connectivity index (χ0v) is 14.6. The van der Waals surface area contributed by atoms with E-state index in [0.717, 1.165) is 18.8 Å². The van der Waals surface area contributed by atoms with Crippen molar-refractivity contribution in [3.8, 4) is 0 Å². The minimum atomic E-state index is -0.0152. The van der Waals surface area contributed by atoms with E-state index in [9.17, 15) is 4.79 Å². The first kappa shape index (κ1) is 14.3. The first-order chi connectivity index (χ1) is 9.62. The summed E-state index contributed by atoms with van der Waals surface area (Å²) >= 11 is 0. The molecule has 21 heavy (non-hydrogen) atoms. The van der Waals surface area contributed by atoms with Gasteiger partial charge in [-0.25, -0.2) is 0 Å². The Kier molecular flexibility index (Phi) is 2.44. The monoisotopic (exact) mass is 288 g/mol. The number of Topliss-reactive ketones (excluding diaryl/α,β-unsaturated/α-hetero) is 1. The second kappa shape index (κ2) is 3.60. The van der Waals surface area contributed by atoms with Crippen LogP contribution in [0.5, 0.6) is 0 Å². The van der Waals surface area contributed by atoms with Crippen molar-refractivity contribution in [3.05, 3.63) is 0 Å². The van der Waals surface area contributed by atoms with E-state index in [1.54, 1.807) is 0 Å². The van der Waals surface area contributed by atoms with Gasteiger partial charge in [0.1, 0.15) is 5.78 Å². The minimum Gasteiger partial charge on any atom is -0.298 e. The summed E-state index contributed by atoms with van der Waals surface area (Å²) in [5.74, 6) is 1.45. The molecule has 0 unspecified atom stereocenters. The maximum absolute atomic E-state index is 13.2. The van der Waals surface area contributed by atoms with Crippen LogP contribution in [0, 0.1) is 33.0 Å². The molecule has 4 rings (SSSR count). The highest BCUT2D eigenvalue weighted by Crippen LogP contribution is 2.81. The second-order valence-electron chi connectivity index (χ2n) is 10.3. The van der Waals surface area contributed by atoms with Crippen molar-refractivity contribution in [2.75, 3.05) is 0 Å². The highest BCUT2D eigenvalue weighted by Gasteiger charge is 2.77. The third-order valence-corrected chi connectivity index (χ3v) is 9.16. The molecule has 0 aliphatic heterocycles. The maximum Gasteiger partial charge on any atom is 0.145 e. The number of ketones is 1. The molecule has 0 radical (unpaired) electrons. The lowest BCUT2D eigenvalue weighted by atomic mass is 9.37. The lowest BCUT2D eigenvalue weighted by Gasteiger charge is -2.66. The molecule has 5 atom stereocenters. The lowest BCUT2D eigenvalue weighted by Crippen LogP contribution is -2.61. The summed E-state index contributed by atoms with van der Waals surface area (Å²) in [6, 6.07) is 0. The molecular weight excluding hydrogens is 256 g/mol. The lowest BCUT2D eigenvalue weighted by molar-refractivity contribution is -0.188. The molecule has 4 fully saturated rings. The van der Waals surface area contributed by atoms with Crippen LogP contribution in [0.25, 0.3) is 0 Å². The van der Waals surface area contributed by atoms with E-state index in [4.69, 9.17) is 0 Å². The third kappa shape index (κ3) is 1.30. The Morgan fingerprint density at radius 3 is 2.33 bits per heavy atom. The number of carbonyl (C=O) groups excluding carboxylic acids is 1. The van der Waals surface area contributed by atoms with Gasteiger partial charge in [0.25, 0.3) is 0 Å². The van der Waals surface area contributed by atoms with Gasteiger partial charge in [-0.2, -0.15) is 0 Å². The van der Waals surface area contributed by atoms with Gasteiger partial charge < -0.3 is 0 Å². The molecule has 4 saturated carbocycles. The average molecular weight is 288 g/mol. The summed E-state index contributed by atoms with van der Waals surface area (Å²) in [6.07, 6.45) is 10.2. The molecule has 2 bridgehead atoms. The van der Waals surface area contributed by atoms with Crippen molar-refractivity contribution >= 4 is 5.78 Å². The summed E-state index contributed by atoms with van der Waals surface area (Å²) in [5.41, 5.74) is 1.17. The van der Waals surface area contributed by atoms with Gasteiger partial charge in [-0.3, -0.25) is 4.79 Å². The zero-order chi connectivity index (χ0) is 15.3. The Balaban J connectivity index is 1.89. The van der Waals surface area contributed by atoms with E-state index in [1.807, 2.05) is 0 Å². The van der Waals surface area contributed by atoms with E-state index in [1.165, 1.54) is 38.5 Å². The highest BCUT2D eigenvalue weighted by molar-refractivity contribution is 5.94. The van der Waals surface area contributed by atoms with Crippen molar-refractivity contribution in [2.24, 2.45) is 33.0 Å². The van der Waals surface area contributed by atoms with Crippen molar-refractivity contribution in [1.82, 2.24) is 0 Å². The number of hydrogen-bond donors (Lipinski definition) is 0. The standard InChI is InChI=1S/C20H32O/c1-16(2)8-6-9-18(4)14(16)7-10-19(5)15(21)17(3)11-12-20(18,19)13-17/h14H,6-13H2,1-5H3/t14-,17+,18+,19+,20+/m1/s1. The van der Waals surface area contributed by atoms with E-state index < -0.39 is 0 Å². The number of rotatable bonds is 0. The first-order valence-corrected chi connectivity index (χ1v) is 9.16. The van der Waals surface area contributed by atoms with Crippen LogP contribution in [0.4, 0.5) is 0 Å². The largest absolute Gasteiger partial charge is 0.298 e. The molecule has 0 aromatic heterocycles. The van der Waals surface area contributed by atoms with E-state index in [0.29, 0.717) is 22.0 Å². The molecule has 1 heteroatoms. The van der Waals surface area contributed by atoms with E-state index in [-0.39, 0.29) is 10.8 Å². The normalized spacial score (nSPS) is 58.0. The zero-order valence-electron chi connectivity index (χ0n) is 14.6. The Bertz CT molecular complexity index is 520. The van der Waals surface area contributed by atoms with Crippen LogP contribution in [0.3, 0.4) is 0 Å². The predicted molar refractivity (Wildman–Crippen MR) is 86.0 cm³/mol. The van der Waals surface area contributed by atoms with Gasteiger partial charge >= 0.3 is 0 Å². The SMILES string of the molecule is CC1(C)CCC[C@@]2(C)[C@@H]1CC[C@@]1(C)C(=O)[C@@]3(C)CC[C@@]12C3. The van der Waals surface area contributed by atoms with Gasteiger partial charge in [-0.15, -0.1) is 0 Å². The molecule has 1 nitrogen and oxygen atoms in total. The minimum absolute atomic E-state index is 0.00817. The van der Waals surface area contributed by atoms with Gasteiger partial charge in [0.05, 0.1) is 0 Å². The molecule has 4 aliphatic carbocycles. The average Bonchev–Trinajstić information content (AvgIpc) is 2.82. The molecule has 0 aromatic carbocycles. The third-order valence-electron chi connectivity index (χ3n) is 9.16. The number of hydrogen-bond acceptors (Lipinski definition) is 1. The molecule has 0 aromatic rings. The van der Waals surface area contributed by atoms with E-state index in [2.05, 4.69) is 34.6 Å². The Morgan fingerprint density at radius 1 is 0.905 bits per heavy atom. The molecule has 4 aliphatic rings. The fourth-order valence-electron chi connectivity index (χ4n) is 8.19. The molecule has 0 amide bonds. The molecule has 1 spiro atoms. The Labute approximate surface area is 130 Å².